The molecule has 2 aromatic heterocycles. The predicted octanol–water partition coefficient (Wildman–Crippen LogP) is 5.04. The summed E-state index contributed by atoms with van der Waals surface area (Å²) in [6.45, 7) is 3.15. The summed E-state index contributed by atoms with van der Waals surface area (Å²) < 4.78 is 1.89. The molecule has 28 heavy (non-hydrogen) atoms. The summed E-state index contributed by atoms with van der Waals surface area (Å²) in [4.78, 5) is 27.9. The number of ketones is 1. The molecule has 0 saturated heterocycles. The monoisotopic (exact) mass is 502 g/mol. The second kappa shape index (κ2) is 8.81. The Bertz CT molecular complexity index is 1170. The molecule has 0 aliphatic heterocycles. The molecule has 0 fully saturated rings. The zero-order valence-corrected chi connectivity index (χ0v) is 18.3. The molecule has 0 radical (unpaired) electrons. The predicted molar refractivity (Wildman–Crippen MR) is 115 cm³/mol. The van der Waals surface area contributed by atoms with Crippen LogP contribution in [0.15, 0.2) is 57.7 Å². The van der Waals surface area contributed by atoms with Crippen molar-refractivity contribution in [1.82, 2.24) is 19.9 Å². The van der Waals surface area contributed by atoms with Crippen LogP contribution in [0, 0.1) is 0 Å². The van der Waals surface area contributed by atoms with Crippen LogP contribution in [0.5, 0.6) is 0 Å². The van der Waals surface area contributed by atoms with Crippen LogP contribution in [0.2, 0.25) is 0 Å². The van der Waals surface area contributed by atoms with E-state index in [1.54, 1.807) is 13.1 Å². The fourth-order valence-electron chi connectivity index (χ4n) is 2.35. The Morgan fingerprint density at radius 2 is 1.43 bits per heavy atom. The topological polar surface area (TPSA) is 88.9 Å². The summed E-state index contributed by atoms with van der Waals surface area (Å²) in [5.41, 5.74) is 4.13. The lowest BCUT2D eigenvalue weighted by Gasteiger charge is -2.04. The van der Waals surface area contributed by atoms with Crippen molar-refractivity contribution in [2.24, 2.45) is 0 Å². The number of hydrogen-bond acceptors (Lipinski definition) is 6. The molecular formula is C20H16Br2N4O2. The lowest BCUT2D eigenvalue weighted by Crippen LogP contribution is -1.98. The van der Waals surface area contributed by atoms with Crippen molar-refractivity contribution < 1.29 is 9.90 Å². The largest absolute Gasteiger partial charge is 0.387 e. The van der Waals surface area contributed by atoms with Gasteiger partial charge in [-0.3, -0.25) is 14.8 Å². The highest BCUT2D eigenvalue weighted by molar-refractivity contribution is 9.10. The molecular weight excluding hydrogens is 488 g/mol. The van der Waals surface area contributed by atoms with Gasteiger partial charge in [-0.15, -0.1) is 0 Å². The highest BCUT2D eigenvalue weighted by Crippen LogP contribution is 2.18. The minimum absolute atomic E-state index is 0.0700. The van der Waals surface area contributed by atoms with Gasteiger partial charge in [0, 0.05) is 15.9 Å². The van der Waals surface area contributed by atoms with Crippen LogP contribution >= 0.6 is 31.9 Å². The molecule has 2 heterocycles. The van der Waals surface area contributed by atoms with Gasteiger partial charge < -0.3 is 5.11 Å². The third kappa shape index (κ3) is 4.95. The van der Waals surface area contributed by atoms with Gasteiger partial charge in [-0.2, -0.15) is 0 Å². The number of hydrogen-bond donors (Lipinski definition) is 1. The maximum atomic E-state index is 11.1. The van der Waals surface area contributed by atoms with Crippen LogP contribution in [-0.4, -0.2) is 30.8 Å². The van der Waals surface area contributed by atoms with Gasteiger partial charge in [-0.25, -0.2) is 9.97 Å². The quantitative estimate of drug-likeness (QED) is 0.385. The number of aromatic nitrogens is 4. The van der Waals surface area contributed by atoms with Crippen LogP contribution in [0.3, 0.4) is 0 Å². The van der Waals surface area contributed by atoms with E-state index in [4.69, 9.17) is 0 Å². The molecule has 8 heteroatoms. The molecule has 1 N–H and O–H groups in total. The van der Waals surface area contributed by atoms with Crippen molar-refractivity contribution in [3.8, 4) is 0 Å². The van der Waals surface area contributed by atoms with Gasteiger partial charge in [0.25, 0.3) is 0 Å². The first-order valence-corrected chi connectivity index (χ1v) is 9.95. The zero-order valence-electron chi connectivity index (χ0n) is 15.1. The van der Waals surface area contributed by atoms with Gasteiger partial charge in [-0.05, 0) is 43.3 Å². The van der Waals surface area contributed by atoms with E-state index in [9.17, 15) is 9.90 Å². The molecule has 0 amide bonds. The molecule has 0 aliphatic rings. The average molecular weight is 504 g/mol. The standard InChI is InChI=1S/C10H9BrN2O.C10H7BrN2O/c2*1-6(14)10-5-12-8-3-2-7(11)4-9(8)13-10/h2-6,14H,1H3;2-5H,1H3/t6-;/m1./s1. The number of carbonyl (C=O) groups is 1. The summed E-state index contributed by atoms with van der Waals surface area (Å²) in [5, 5.41) is 9.34. The van der Waals surface area contributed by atoms with Gasteiger partial charge >= 0.3 is 0 Å². The lowest BCUT2D eigenvalue weighted by atomic mass is 10.2. The number of fused-ring (bicyclic) bond motifs is 2. The molecule has 0 spiro atoms. The van der Waals surface area contributed by atoms with Gasteiger partial charge in [0.1, 0.15) is 5.69 Å². The number of aliphatic hydroxyl groups excluding tert-OH is 1. The number of carbonyl (C=O) groups excluding carboxylic acids is 1. The summed E-state index contributed by atoms with van der Waals surface area (Å²) >= 11 is 6.71. The Labute approximate surface area is 178 Å². The first-order chi connectivity index (χ1) is 13.3. The summed E-state index contributed by atoms with van der Waals surface area (Å²) in [5.74, 6) is -0.0700. The molecule has 0 saturated carbocycles. The average Bonchev–Trinajstić information content (AvgIpc) is 2.67. The molecule has 4 rings (SSSR count). The van der Waals surface area contributed by atoms with Crippen molar-refractivity contribution in [1.29, 1.82) is 0 Å². The molecule has 0 unspecified atom stereocenters. The van der Waals surface area contributed by atoms with E-state index < -0.39 is 6.10 Å². The number of rotatable bonds is 2. The summed E-state index contributed by atoms with van der Waals surface area (Å²) in [7, 11) is 0. The second-order valence-corrected chi connectivity index (χ2v) is 7.88. The van der Waals surface area contributed by atoms with Crippen molar-refractivity contribution >= 4 is 59.7 Å². The van der Waals surface area contributed by atoms with E-state index in [2.05, 4.69) is 51.8 Å². The first-order valence-electron chi connectivity index (χ1n) is 8.37. The van der Waals surface area contributed by atoms with Gasteiger partial charge in [0.15, 0.2) is 5.78 Å². The van der Waals surface area contributed by atoms with E-state index in [-0.39, 0.29) is 5.78 Å². The molecule has 4 aromatic rings. The molecule has 0 aliphatic carbocycles. The minimum atomic E-state index is -0.578. The second-order valence-electron chi connectivity index (χ2n) is 6.05. The van der Waals surface area contributed by atoms with Crippen LogP contribution in [0.4, 0.5) is 0 Å². The summed E-state index contributed by atoms with van der Waals surface area (Å²) in [6.07, 6.45) is 2.52. The normalized spacial score (nSPS) is 11.8. The van der Waals surface area contributed by atoms with Crippen LogP contribution in [-0.2, 0) is 0 Å². The molecule has 6 nitrogen and oxygen atoms in total. The highest BCUT2D eigenvalue weighted by atomic mass is 79.9. The molecule has 2 aromatic carbocycles. The zero-order chi connectivity index (χ0) is 20.3. The van der Waals surface area contributed by atoms with E-state index in [0.29, 0.717) is 11.4 Å². The first kappa shape index (κ1) is 20.4. The van der Waals surface area contributed by atoms with Crippen molar-refractivity contribution in [2.75, 3.05) is 0 Å². The van der Waals surface area contributed by atoms with Crippen LogP contribution in [0.25, 0.3) is 22.1 Å². The number of Topliss-reactive ketones (excluding diaryl/α,β-unsaturated/α-hetero) is 1. The van der Waals surface area contributed by atoms with Crippen LogP contribution in [0.1, 0.15) is 36.1 Å². The van der Waals surface area contributed by atoms with Crippen molar-refractivity contribution in [3.63, 3.8) is 0 Å². The lowest BCUT2D eigenvalue weighted by molar-refractivity contribution is 0.101. The highest BCUT2D eigenvalue weighted by Gasteiger charge is 2.05. The molecule has 0 bridgehead atoms. The SMILES string of the molecule is CC(=O)c1cnc2ccc(Br)cc2n1.C[C@@H](O)c1cnc2ccc(Br)cc2n1. The number of benzene rings is 2. The van der Waals surface area contributed by atoms with Gasteiger partial charge in [0.2, 0.25) is 0 Å². The smallest absolute Gasteiger partial charge is 0.179 e. The fraction of sp³-hybridized carbons (Fsp3) is 0.150. The third-order valence-corrected chi connectivity index (χ3v) is 4.80. The van der Waals surface area contributed by atoms with E-state index in [0.717, 1.165) is 31.0 Å². The maximum absolute atomic E-state index is 11.1. The van der Waals surface area contributed by atoms with Gasteiger partial charge in [0.05, 0.1) is 46.3 Å². The Hall–Kier alpha value is -2.29. The summed E-state index contributed by atoms with van der Waals surface area (Å²) in [6, 6.07) is 11.3. The van der Waals surface area contributed by atoms with E-state index in [1.165, 1.54) is 13.1 Å². The van der Waals surface area contributed by atoms with Gasteiger partial charge in [-0.1, -0.05) is 31.9 Å². The maximum Gasteiger partial charge on any atom is 0.179 e. The number of halogens is 2. The van der Waals surface area contributed by atoms with Crippen LogP contribution < -0.4 is 0 Å². The Morgan fingerprint density at radius 3 is 1.96 bits per heavy atom. The molecule has 1 atom stereocenters. The number of nitrogens with zero attached hydrogens (tertiary/aromatic N) is 4. The van der Waals surface area contributed by atoms with Crippen molar-refractivity contribution in [3.05, 3.63) is 69.1 Å². The van der Waals surface area contributed by atoms with E-state index >= 15 is 0 Å². The Balaban J connectivity index is 0.000000161. The number of aliphatic hydroxyl groups is 1. The van der Waals surface area contributed by atoms with E-state index in [1.807, 2.05) is 36.4 Å². The Morgan fingerprint density at radius 1 is 0.893 bits per heavy atom. The molecule has 142 valence electrons. The fourth-order valence-corrected chi connectivity index (χ4v) is 3.05. The Kier molecular flexibility index (Phi) is 6.43. The van der Waals surface area contributed by atoms with Crippen molar-refractivity contribution in [2.45, 2.75) is 20.0 Å². The third-order valence-electron chi connectivity index (χ3n) is 3.82. The minimum Gasteiger partial charge on any atom is -0.387 e.